The normalized spacial score (nSPS) is 11.2. The number of benzene rings is 1. The molecule has 3 rings (SSSR count). The summed E-state index contributed by atoms with van der Waals surface area (Å²) in [5, 5.41) is 17.4. The zero-order valence-electron chi connectivity index (χ0n) is 13.4. The number of carboxylic acid groups (broad SMARTS) is 1. The summed E-state index contributed by atoms with van der Waals surface area (Å²) in [5.41, 5.74) is 7.88. The van der Waals surface area contributed by atoms with Crippen LogP contribution < -0.4 is 5.73 Å². The van der Waals surface area contributed by atoms with E-state index in [1.807, 2.05) is 19.1 Å². The second-order valence-corrected chi connectivity index (χ2v) is 5.42. The number of amides is 1. The van der Waals surface area contributed by atoms with Crippen molar-refractivity contribution in [3.8, 4) is 0 Å². The molecular formula is C17H15N5O3. The highest BCUT2D eigenvalue weighted by atomic mass is 16.4. The molecule has 0 saturated heterocycles. The summed E-state index contributed by atoms with van der Waals surface area (Å²) in [6, 6.07) is 11.8. The molecule has 0 saturated carbocycles. The van der Waals surface area contributed by atoms with Gasteiger partial charge in [0.15, 0.2) is 5.82 Å². The van der Waals surface area contributed by atoms with Gasteiger partial charge >= 0.3 is 5.97 Å². The van der Waals surface area contributed by atoms with E-state index in [-0.39, 0.29) is 6.42 Å². The maximum atomic E-state index is 11.1. The monoisotopic (exact) mass is 337 g/mol. The topological polar surface area (TPSA) is 122 Å². The summed E-state index contributed by atoms with van der Waals surface area (Å²) in [4.78, 5) is 26.5. The van der Waals surface area contributed by atoms with E-state index in [0.717, 1.165) is 5.69 Å². The van der Waals surface area contributed by atoms with Crippen LogP contribution in [-0.4, -0.2) is 26.4 Å². The molecular weight excluding hydrogens is 322 g/mol. The average molecular weight is 337 g/mol. The van der Waals surface area contributed by atoms with Crippen molar-refractivity contribution in [2.45, 2.75) is 13.3 Å². The molecule has 0 spiro atoms. The second-order valence-electron chi connectivity index (χ2n) is 5.42. The van der Waals surface area contributed by atoms with Gasteiger partial charge in [0, 0.05) is 11.3 Å². The van der Waals surface area contributed by atoms with Crippen molar-refractivity contribution in [2.24, 2.45) is 16.0 Å². The Morgan fingerprint density at radius 2 is 1.88 bits per heavy atom. The zero-order valence-corrected chi connectivity index (χ0v) is 13.4. The number of hydrogen-bond donors (Lipinski definition) is 2. The average Bonchev–Trinajstić information content (AvgIpc) is 2.91. The first-order valence-corrected chi connectivity index (χ1v) is 7.46. The van der Waals surface area contributed by atoms with Gasteiger partial charge in [-0.3, -0.25) is 14.0 Å². The molecule has 8 heteroatoms. The molecule has 0 bridgehead atoms. The van der Waals surface area contributed by atoms with Gasteiger partial charge in [-0.1, -0.05) is 6.07 Å². The Bertz CT molecular complexity index is 989. The lowest BCUT2D eigenvalue weighted by Gasteiger charge is -2.01. The quantitative estimate of drug-likeness (QED) is 0.695. The Labute approximate surface area is 142 Å². The SMILES string of the molecule is Cc1cccc2nc(CC(=O)O)c(N=Nc3ccc(C(N)=O)cc3)n12. The van der Waals surface area contributed by atoms with Crippen LogP contribution in [0.15, 0.2) is 52.7 Å². The summed E-state index contributed by atoms with van der Waals surface area (Å²) < 4.78 is 1.75. The molecule has 0 atom stereocenters. The van der Waals surface area contributed by atoms with E-state index < -0.39 is 11.9 Å². The number of aromatic nitrogens is 2. The molecule has 2 heterocycles. The van der Waals surface area contributed by atoms with E-state index in [0.29, 0.717) is 28.4 Å². The third kappa shape index (κ3) is 3.37. The minimum absolute atomic E-state index is 0.254. The van der Waals surface area contributed by atoms with Gasteiger partial charge in [-0.25, -0.2) is 4.98 Å². The van der Waals surface area contributed by atoms with E-state index in [4.69, 9.17) is 10.8 Å². The van der Waals surface area contributed by atoms with E-state index in [1.54, 1.807) is 34.7 Å². The third-order valence-electron chi connectivity index (χ3n) is 3.61. The van der Waals surface area contributed by atoms with Gasteiger partial charge in [0.05, 0.1) is 17.8 Å². The molecule has 25 heavy (non-hydrogen) atoms. The number of aryl methyl sites for hydroxylation is 1. The molecule has 3 aromatic rings. The lowest BCUT2D eigenvalue weighted by Crippen LogP contribution is -2.10. The van der Waals surface area contributed by atoms with Crippen molar-refractivity contribution in [2.75, 3.05) is 0 Å². The highest BCUT2D eigenvalue weighted by molar-refractivity contribution is 5.93. The van der Waals surface area contributed by atoms with Crippen molar-refractivity contribution < 1.29 is 14.7 Å². The summed E-state index contributed by atoms with van der Waals surface area (Å²) in [6.07, 6.45) is -0.254. The Kier molecular flexibility index (Phi) is 4.25. The van der Waals surface area contributed by atoms with Crippen LogP contribution in [0.2, 0.25) is 0 Å². The minimum atomic E-state index is -0.997. The van der Waals surface area contributed by atoms with Crippen LogP contribution in [0.1, 0.15) is 21.7 Å². The molecule has 3 N–H and O–H groups in total. The molecule has 0 aliphatic carbocycles. The van der Waals surface area contributed by atoms with Gasteiger partial charge in [-0.15, -0.1) is 10.2 Å². The van der Waals surface area contributed by atoms with E-state index in [1.165, 1.54) is 0 Å². The number of rotatable bonds is 5. The van der Waals surface area contributed by atoms with Crippen molar-refractivity contribution in [3.05, 3.63) is 59.4 Å². The number of primary amides is 1. The Morgan fingerprint density at radius 1 is 1.16 bits per heavy atom. The maximum absolute atomic E-state index is 11.1. The van der Waals surface area contributed by atoms with Gasteiger partial charge in [0.25, 0.3) is 0 Å². The summed E-state index contributed by atoms with van der Waals surface area (Å²) >= 11 is 0. The van der Waals surface area contributed by atoms with Crippen LogP contribution in [0, 0.1) is 6.92 Å². The fourth-order valence-corrected chi connectivity index (χ4v) is 2.45. The molecule has 2 aromatic heterocycles. The van der Waals surface area contributed by atoms with Gasteiger partial charge in [-0.05, 0) is 43.3 Å². The minimum Gasteiger partial charge on any atom is -0.481 e. The number of fused-ring (bicyclic) bond motifs is 1. The smallest absolute Gasteiger partial charge is 0.309 e. The molecule has 8 nitrogen and oxygen atoms in total. The standard InChI is InChI=1S/C17H15N5O3/c1-10-3-2-4-14-19-13(9-15(23)24)17(22(10)14)21-20-12-7-5-11(6-8-12)16(18)25/h2-8H,9H2,1H3,(H2,18,25)(H,23,24). The van der Waals surface area contributed by atoms with Crippen molar-refractivity contribution in [1.29, 1.82) is 0 Å². The highest BCUT2D eigenvalue weighted by Crippen LogP contribution is 2.26. The predicted molar refractivity (Wildman–Crippen MR) is 90.4 cm³/mol. The van der Waals surface area contributed by atoms with Crippen molar-refractivity contribution >= 4 is 29.0 Å². The number of carboxylic acids is 1. The number of imidazole rings is 1. The predicted octanol–water partition coefficient (Wildman–Crippen LogP) is 2.78. The van der Waals surface area contributed by atoms with Crippen molar-refractivity contribution in [1.82, 2.24) is 9.38 Å². The van der Waals surface area contributed by atoms with Crippen LogP contribution >= 0.6 is 0 Å². The Balaban J connectivity index is 2.04. The van der Waals surface area contributed by atoms with Gasteiger partial charge in [0.2, 0.25) is 5.91 Å². The first-order chi connectivity index (χ1) is 12.0. The number of pyridine rings is 1. The van der Waals surface area contributed by atoms with Gasteiger partial charge in [0.1, 0.15) is 5.65 Å². The number of carbonyl (C=O) groups is 2. The number of carbonyl (C=O) groups excluding carboxylic acids is 1. The molecule has 0 radical (unpaired) electrons. The number of azo groups is 1. The summed E-state index contributed by atoms with van der Waals surface area (Å²) in [6.45, 7) is 1.87. The molecule has 1 amide bonds. The number of nitrogens with two attached hydrogens (primary N) is 1. The number of aliphatic carboxylic acids is 1. The van der Waals surface area contributed by atoms with Gasteiger partial charge in [-0.2, -0.15) is 0 Å². The second kappa shape index (κ2) is 6.52. The fourth-order valence-electron chi connectivity index (χ4n) is 2.45. The lowest BCUT2D eigenvalue weighted by molar-refractivity contribution is -0.136. The van der Waals surface area contributed by atoms with E-state index in [2.05, 4.69) is 15.2 Å². The number of nitrogens with zero attached hydrogens (tertiary/aromatic N) is 4. The number of hydrogen-bond acceptors (Lipinski definition) is 5. The Morgan fingerprint density at radius 3 is 2.52 bits per heavy atom. The zero-order chi connectivity index (χ0) is 18.0. The maximum Gasteiger partial charge on any atom is 0.309 e. The molecule has 0 fully saturated rings. The van der Waals surface area contributed by atoms with Crippen LogP contribution in [0.3, 0.4) is 0 Å². The van der Waals surface area contributed by atoms with E-state index in [9.17, 15) is 9.59 Å². The highest BCUT2D eigenvalue weighted by Gasteiger charge is 2.16. The van der Waals surface area contributed by atoms with Gasteiger partial charge < -0.3 is 10.8 Å². The third-order valence-corrected chi connectivity index (χ3v) is 3.61. The molecule has 0 aliphatic rings. The van der Waals surface area contributed by atoms with Crippen LogP contribution in [0.25, 0.3) is 5.65 Å². The molecule has 1 aromatic carbocycles. The largest absolute Gasteiger partial charge is 0.481 e. The van der Waals surface area contributed by atoms with Crippen LogP contribution in [-0.2, 0) is 11.2 Å². The first kappa shape index (κ1) is 16.3. The molecule has 0 unspecified atom stereocenters. The van der Waals surface area contributed by atoms with E-state index >= 15 is 0 Å². The molecule has 0 aliphatic heterocycles. The fraction of sp³-hybridized carbons (Fsp3) is 0.118. The summed E-state index contributed by atoms with van der Waals surface area (Å²) in [5.74, 6) is -1.15. The molecule has 126 valence electrons. The first-order valence-electron chi connectivity index (χ1n) is 7.46. The van der Waals surface area contributed by atoms with Crippen molar-refractivity contribution in [3.63, 3.8) is 0 Å². The Hall–Kier alpha value is -3.55. The van der Waals surface area contributed by atoms with Crippen LogP contribution in [0.5, 0.6) is 0 Å². The lowest BCUT2D eigenvalue weighted by atomic mass is 10.2. The van der Waals surface area contributed by atoms with Crippen LogP contribution in [0.4, 0.5) is 11.5 Å². The summed E-state index contributed by atoms with van der Waals surface area (Å²) in [7, 11) is 0.